The zero-order chi connectivity index (χ0) is 12.7. The fourth-order valence-corrected chi connectivity index (χ4v) is 2.12. The van der Waals surface area contributed by atoms with Gasteiger partial charge < -0.3 is 4.74 Å². The number of esters is 1. The van der Waals surface area contributed by atoms with Crippen LogP contribution in [0.4, 0.5) is 0 Å². The Kier molecular flexibility index (Phi) is 5.66. The summed E-state index contributed by atoms with van der Waals surface area (Å²) in [6.45, 7) is 2.16. The van der Waals surface area contributed by atoms with Crippen molar-refractivity contribution in [3.8, 4) is 0 Å². The fraction of sp³-hybridized carbons (Fsp3) is 0.750. The van der Waals surface area contributed by atoms with Crippen molar-refractivity contribution < 1.29 is 14.5 Å². The van der Waals surface area contributed by atoms with E-state index in [-0.39, 0.29) is 10.9 Å². The number of nitrogens with zero attached hydrogens (tertiary/aromatic N) is 1. The van der Waals surface area contributed by atoms with E-state index in [1.165, 1.54) is 0 Å². The van der Waals surface area contributed by atoms with Crippen molar-refractivity contribution in [1.82, 2.24) is 0 Å². The molecule has 0 saturated carbocycles. The number of allylic oxidation sites excluding steroid dienone is 2. The van der Waals surface area contributed by atoms with E-state index in [9.17, 15) is 14.9 Å². The van der Waals surface area contributed by atoms with Crippen molar-refractivity contribution in [1.29, 1.82) is 0 Å². The number of rotatable bonds is 6. The van der Waals surface area contributed by atoms with Crippen molar-refractivity contribution in [2.45, 2.75) is 51.9 Å². The van der Waals surface area contributed by atoms with Crippen LogP contribution in [0.5, 0.6) is 0 Å². The maximum absolute atomic E-state index is 11.1. The molecule has 1 rings (SSSR count). The molecule has 0 aromatic heterocycles. The van der Waals surface area contributed by atoms with Gasteiger partial charge in [-0.25, -0.2) is 0 Å². The predicted molar refractivity (Wildman–Crippen MR) is 63.0 cm³/mol. The summed E-state index contributed by atoms with van der Waals surface area (Å²) in [4.78, 5) is 21.7. The van der Waals surface area contributed by atoms with Gasteiger partial charge in [0.1, 0.15) is 0 Å². The van der Waals surface area contributed by atoms with Gasteiger partial charge in [0.2, 0.25) is 5.70 Å². The lowest BCUT2D eigenvalue weighted by Gasteiger charge is -2.13. The Hall–Kier alpha value is -1.39. The van der Waals surface area contributed by atoms with Crippen LogP contribution in [0, 0.1) is 10.1 Å². The van der Waals surface area contributed by atoms with Gasteiger partial charge >= 0.3 is 5.97 Å². The zero-order valence-corrected chi connectivity index (χ0v) is 10.2. The Bertz CT molecular complexity index is 322. The second-order valence-electron chi connectivity index (χ2n) is 4.17. The molecule has 0 aromatic rings. The molecule has 17 heavy (non-hydrogen) atoms. The Morgan fingerprint density at radius 3 is 2.76 bits per heavy atom. The molecule has 5 heteroatoms. The molecular weight excluding hydrogens is 222 g/mol. The first-order chi connectivity index (χ1) is 8.15. The largest absolute Gasteiger partial charge is 0.466 e. The third-order valence-electron chi connectivity index (χ3n) is 2.94. The lowest BCUT2D eigenvalue weighted by Crippen LogP contribution is -2.09. The Balaban J connectivity index is 2.43. The molecule has 0 spiro atoms. The molecule has 0 saturated heterocycles. The van der Waals surface area contributed by atoms with Gasteiger partial charge in [-0.3, -0.25) is 14.9 Å². The SMILES string of the molecule is CCOC(=O)CCCC1=C([N+](=O)[O-])CCCC1. The third kappa shape index (κ3) is 4.54. The second kappa shape index (κ2) is 7.04. The van der Waals surface area contributed by atoms with Crippen LogP contribution in [0.2, 0.25) is 0 Å². The Morgan fingerprint density at radius 1 is 1.41 bits per heavy atom. The van der Waals surface area contributed by atoms with Crippen molar-refractivity contribution >= 4 is 5.97 Å². The molecular formula is C12H19NO4. The van der Waals surface area contributed by atoms with Crippen LogP contribution in [0.25, 0.3) is 0 Å². The minimum Gasteiger partial charge on any atom is -0.466 e. The van der Waals surface area contributed by atoms with Crippen molar-refractivity contribution in [2.24, 2.45) is 0 Å². The van der Waals surface area contributed by atoms with Crippen molar-refractivity contribution in [3.63, 3.8) is 0 Å². The van der Waals surface area contributed by atoms with Crippen LogP contribution in [0.15, 0.2) is 11.3 Å². The highest BCUT2D eigenvalue weighted by molar-refractivity contribution is 5.69. The minimum absolute atomic E-state index is 0.216. The smallest absolute Gasteiger partial charge is 0.305 e. The molecule has 0 aliphatic heterocycles. The summed E-state index contributed by atoms with van der Waals surface area (Å²) < 4.78 is 4.82. The van der Waals surface area contributed by atoms with E-state index in [0.29, 0.717) is 38.0 Å². The molecule has 0 amide bonds. The minimum atomic E-state index is -0.265. The second-order valence-corrected chi connectivity index (χ2v) is 4.17. The summed E-state index contributed by atoms with van der Waals surface area (Å²) in [5, 5.41) is 10.8. The van der Waals surface area contributed by atoms with E-state index in [4.69, 9.17) is 4.74 Å². The Labute approximate surface area is 101 Å². The summed E-state index contributed by atoms with van der Waals surface area (Å²) in [7, 11) is 0. The van der Waals surface area contributed by atoms with Gasteiger partial charge in [0.25, 0.3) is 0 Å². The summed E-state index contributed by atoms with van der Waals surface area (Å²) >= 11 is 0. The molecule has 5 nitrogen and oxygen atoms in total. The summed E-state index contributed by atoms with van der Waals surface area (Å²) in [6.07, 6.45) is 4.94. The van der Waals surface area contributed by atoms with E-state index < -0.39 is 0 Å². The average Bonchev–Trinajstić information content (AvgIpc) is 2.30. The van der Waals surface area contributed by atoms with Gasteiger partial charge in [0, 0.05) is 18.4 Å². The van der Waals surface area contributed by atoms with E-state index in [0.717, 1.165) is 24.8 Å². The predicted octanol–water partition coefficient (Wildman–Crippen LogP) is 2.82. The number of carbonyl (C=O) groups excluding carboxylic acids is 1. The van der Waals surface area contributed by atoms with Gasteiger partial charge in [0.05, 0.1) is 11.5 Å². The molecule has 1 aliphatic rings. The van der Waals surface area contributed by atoms with E-state index in [2.05, 4.69) is 0 Å². The maximum atomic E-state index is 11.1. The van der Waals surface area contributed by atoms with Gasteiger partial charge in [0.15, 0.2) is 0 Å². The first-order valence-electron chi connectivity index (χ1n) is 6.16. The maximum Gasteiger partial charge on any atom is 0.305 e. The summed E-state index contributed by atoms with van der Waals surface area (Å²) in [6, 6.07) is 0. The highest BCUT2D eigenvalue weighted by Crippen LogP contribution is 2.28. The zero-order valence-electron chi connectivity index (χ0n) is 10.2. The molecule has 0 bridgehead atoms. The number of ether oxygens (including phenoxy) is 1. The van der Waals surface area contributed by atoms with Crippen LogP contribution in [-0.2, 0) is 9.53 Å². The first kappa shape index (κ1) is 13.7. The number of carbonyl (C=O) groups is 1. The standard InChI is InChI=1S/C12H19NO4/c1-2-17-12(14)9-5-7-10-6-3-4-8-11(10)13(15)16/h2-9H2,1H3. The molecule has 96 valence electrons. The van der Waals surface area contributed by atoms with Crippen LogP contribution in [0.3, 0.4) is 0 Å². The lowest BCUT2D eigenvalue weighted by molar-refractivity contribution is -0.430. The molecule has 0 fully saturated rings. The van der Waals surface area contributed by atoms with Crippen LogP contribution < -0.4 is 0 Å². The Morgan fingerprint density at radius 2 is 2.12 bits per heavy atom. The molecule has 0 radical (unpaired) electrons. The molecule has 0 atom stereocenters. The first-order valence-corrected chi connectivity index (χ1v) is 6.16. The fourth-order valence-electron chi connectivity index (χ4n) is 2.12. The van der Waals surface area contributed by atoms with Crippen molar-refractivity contribution in [3.05, 3.63) is 21.4 Å². The average molecular weight is 241 g/mol. The molecule has 0 N–H and O–H groups in total. The molecule has 0 unspecified atom stereocenters. The van der Waals surface area contributed by atoms with Gasteiger partial charge in [-0.15, -0.1) is 0 Å². The van der Waals surface area contributed by atoms with Crippen LogP contribution >= 0.6 is 0 Å². The summed E-state index contributed by atoms with van der Waals surface area (Å²) in [5.74, 6) is -0.216. The number of nitro groups is 1. The molecule has 0 heterocycles. The molecule has 0 aromatic carbocycles. The molecule has 1 aliphatic carbocycles. The van der Waals surface area contributed by atoms with Crippen LogP contribution in [0.1, 0.15) is 51.9 Å². The van der Waals surface area contributed by atoms with E-state index in [1.807, 2.05) is 0 Å². The van der Waals surface area contributed by atoms with Crippen LogP contribution in [-0.4, -0.2) is 17.5 Å². The number of hydrogen-bond acceptors (Lipinski definition) is 4. The lowest BCUT2D eigenvalue weighted by atomic mass is 9.93. The van der Waals surface area contributed by atoms with Gasteiger partial charge in [-0.1, -0.05) is 0 Å². The highest BCUT2D eigenvalue weighted by atomic mass is 16.6. The van der Waals surface area contributed by atoms with E-state index >= 15 is 0 Å². The topological polar surface area (TPSA) is 69.4 Å². The third-order valence-corrected chi connectivity index (χ3v) is 2.94. The van der Waals surface area contributed by atoms with Gasteiger partial charge in [-0.2, -0.15) is 0 Å². The van der Waals surface area contributed by atoms with Crippen molar-refractivity contribution in [2.75, 3.05) is 6.61 Å². The quantitative estimate of drug-likeness (QED) is 0.407. The normalized spacial score (nSPS) is 15.8. The highest BCUT2D eigenvalue weighted by Gasteiger charge is 2.21. The van der Waals surface area contributed by atoms with Gasteiger partial charge in [-0.05, 0) is 39.0 Å². The van der Waals surface area contributed by atoms with E-state index in [1.54, 1.807) is 6.92 Å². The summed E-state index contributed by atoms with van der Waals surface area (Å²) in [5.41, 5.74) is 1.30. The monoisotopic (exact) mass is 241 g/mol. The number of hydrogen-bond donors (Lipinski definition) is 0.